The highest BCUT2D eigenvalue weighted by atomic mass is 16.6. The molecule has 5 heteroatoms. The lowest BCUT2D eigenvalue weighted by Crippen LogP contribution is -2.23. The van der Waals surface area contributed by atoms with Crippen LogP contribution in [0.15, 0.2) is 12.1 Å². The van der Waals surface area contributed by atoms with Crippen LogP contribution in [0.2, 0.25) is 0 Å². The largest absolute Gasteiger partial charge is 0.378 e. The van der Waals surface area contributed by atoms with Crippen molar-refractivity contribution in [2.45, 2.75) is 13.3 Å². The van der Waals surface area contributed by atoms with Crippen LogP contribution in [0.25, 0.3) is 0 Å². The first-order valence-electron chi connectivity index (χ1n) is 4.62. The van der Waals surface area contributed by atoms with E-state index in [9.17, 15) is 14.9 Å². The number of benzene rings is 1. The van der Waals surface area contributed by atoms with Crippen molar-refractivity contribution in [1.29, 1.82) is 0 Å². The minimum absolute atomic E-state index is 0.0174. The zero-order valence-electron chi connectivity index (χ0n) is 8.24. The second-order valence-corrected chi connectivity index (χ2v) is 3.58. The monoisotopic (exact) mass is 206 g/mol. The summed E-state index contributed by atoms with van der Waals surface area (Å²) in [6, 6.07) is 3.48. The summed E-state index contributed by atoms with van der Waals surface area (Å²) in [6.07, 6.45) is 0.153. The number of hydrogen-bond donors (Lipinski definition) is 1. The molecule has 0 amide bonds. The number of nitrogens with one attached hydrogen (secondary N) is 1. The number of nitro benzene ring substituents is 1. The van der Waals surface area contributed by atoms with E-state index in [1.54, 1.807) is 19.1 Å². The highest BCUT2D eigenvalue weighted by molar-refractivity contribution is 5.91. The van der Waals surface area contributed by atoms with Gasteiger partial charge in [0.2, 0.25) is 0 Å². The van der Waals surface area contributed by atoms with Gasteiger partial charge < -0.3 is 5.32 Å². The summed E-state index contributed by atoms with van der Waals surface area (Å²) < 4.78 is 0. The van der Waals surface area contributed by atoms with Crippen LogP contribution in [0.5, 0.6) is 0 Å². The van der Waals surface area contributed by atoms with E-state index in [-0.39, 0.29) is 24.4 Å². The summed E-state index contributed by atoms with van der Waals surface area (Å²) in [5, 5.41) is 13.7. The van der Waals surface area contributed by atoms with Gasteiger partial charge in [-0.1, -0.05) is 6.07 Å². The molecular formula is C10H10N2O3. The molecule has 1 heterocycles. The first-order chi connectivity index (χ1) is 7.09. The Labute approximate surface area is 86.2 Å². The number of ketones is 1. The third-order valence-corrected chi connectivity index (χ3v) is 2.52. The standard InChI is InChI=1S/C10H10N2O3/c1-6-2-3-9-8(10(6)12(14)15)4-7(13)5-11-9/h2-3,11H,4-5H2,1H3. The van der Waals surface area contributed by atoms with Gasteiger partial charge in [0.25, 0.3) is 5.69 Å². The topological polar surface area (TPSA) is 72.2 Å². The Bertz CT molecular complexity index is 454. The van der Waals surface area contributed by atoms with Gasteiger partial charge in [-0.3, -0.25) is 14.9 Å². The fraction of sp³-hybridized carbons (Fsp3) is 0.300. The normalized spacial score (nSPS) is 14.3. The second-order valence-electron chi connectivity index (χ2n) is 3.58. The Morgan fingerprint density at radius 3 is 2.87 bits per heavy atom. The second kappa shape index (κ2) is 3.34. The molecule has 1 aromatic carbocycles. The van der Waals surface area contributed by atoms with Gasteiger partial charge in [-0.2, -0.15) is 0 Å². The lowest BCUT2D eigenvalue weighted by molar-refractivity contribution is -0.386. The number of aryl methyl sites for hydroxylation is 1. The van der Waals surface area contributed by atoms with Crippen molar-refractivity contribution in [2.24, 2.45) is 0 Å². The summed E-state index contributed by atoms with van der Waals surface area (Å²) in [6.45, 7) is 1.94. The van der Waals surface area contributed by atoms with Crippen molar-refractivity contribution in [3.63, 3.8) is 0 Å². The lowest BCUT2D eigenvalue weighted by Gasteiger charge is -2.17. The van der Waals surface area contributed by atoms with Gasteiger partial charge in [-0.25, -0.2) is 0 Å². The van der Waals surface area contributed by atoms with E-state index < -0.39 is 4.92 Å². The molecule has 0 aromatic heterocycles. The fourth-order valence-corrected chi connectivity index (χ4v) is 1.81. The van der Waals surface area contributed by atoms with Gasteiger partial charge in [0.1, 0.15) is 0 Å². The van der Waals surface area contributed by atoms with Gasteiger partial charge in [0, 0.05) is 17.7 Å². The van der Waals surface area contributed by atoms with Crippen LogP contribution < -0.4 is 5.32 Å². The van der Waals surface area contributed by atoms with Crippen LogP contribution in [0.3, 0.4) is 0 Å². The zero-order chi connectivity index (χ0) is 11.0. The molecule has 5 nitrogen and oxygen atoms in total. The van der Waals surface area contributed by atoms with Crippen LogP contribution in [-0.4, -0.2) is 17.3 Å². The third-order valence-electron chi connectivity index (χ3n) is 2.52. The Morgan fingerprint density at radius 2 is 2.20 bits per heavy atom. The van der Waals surface area contributed by atoms with E-state index in [2.05, 4.69) is 5.32 Å². The number of fused-ring (bicyclic) bond motifs is 1. The molecule has 0 spiro atoms. The first kappa shape index (κ1) is 9.64. The number of hydrogen-bond acceptors (Lipinski definition) is 4. The average molecular weight is 206 g/mol. The number of carbonyl (C=O) groups excluding carboxylic acids is 1. The van der Waals surface area contributed by atoms with E-state index in [1.165, 1.54) is 0 Å². The van der Waals surface area contributed by atoms with Crippen molar-refractivity contribution >= 4 is 17.2 Å². The van der Waals surface area contributed by atoms with E-state index in [4.69, 9.17) is 0 Å². The minimum Gasteiger partial charge on any atom is -0.378 e. The average Bonchev–Trinajstić information content (AvgIpc) is 2.16. The summed E-state index contributed by atoms with van der Waals surface area (Å²) in [5.41, 5.74) is 1.87. The number of rotatable bonds is 1. The van der Waals surface area contributed by atoms with Gasteiger partial charge >= 0.3 is 0 Å². The maximum absolute atomic E-state index is 11.2. The predicted molar refractivity (Wildman–Crippen MR) is 55.0 cm³/mol. The molecule has 2 rings (SSSR count). The molecule has 1 N–H and O–H groups in total. The van der Waals surface area contributed by atoms with Crippen molar-refractivity contribution in [1.82, 2.24) is 0 Å². The predicted octanol–water partition coefficient (Wildman–Crippen LogP) is 1.44. The summed E-state index contributed by atoms with van der Waals surface area (Å²) in [7, 11) is 0. The summed E-state index contributed by atoms with van der Waals surface area (Å²) >= 11 is 0. The molecule has 0 saturated heterocycles. The lowest BCUT2D eigenvalue weighted by atomic mass is 9.98. The van der Waals surface area contributed by atoms with Crippen molar-refractivity contribution in [3.8, 4) is 0 Å². The highest BCUT2D eigenvalue weighted by Gasteiger charge is 2.25. The molecule has 0 radical (unpaired) electrons. The smallest absolute Gasteiger partial charge is 0.277 e. The van der Waals surface area contributed by atoms with E-state index in [1.807, 2.05) is 0 Å². The van der Waals surface area contributed by atoms with Crippen LogP contribution in [-0.2, 0) is 11.2 Å². The van der Waals surface area contributed by atoms with E-state index >= 15 is 0 Å². The molecule has 15 heavy (non-hydrogen) atoms. The SMILES string of the molecule is Cc1ccc2c(c1[N+](=O)[O-])CC(=O)CN2. The molecule has 0 saturated carbocycles. The number of carbonyl (C=O) groups is 1. The van der Waals surface area contributed by atoms with Crippen LogP contribution >= 0.6 is 0 Å². The highest BCUT2D eigenvalue weighted by Crippen LogP contribution is 2.32. The maximum atomic E-state index is 11.2. The maximum Gasteiger partial charge on any atom is 0.277 e. The molecular weight excluding hydrogens is 196 g/mol. The van der Waals surface area contributed by atoms with Crippen LogP contribution in [0.4, 0.5) is 11.4 Å². The minimum atomic E-state index is -0.422. The van der Waals surface area contributed by atoms with Crippen LogP contribution in [0.1, 0.15) is 11.1 Å². The molecule has 0 aliphatic carbocycles. The fourth-order valence-electron chi connectivity index (χ4n) is 1.81. The number of Topliss-reactive ketones (excluding diaryl/α,β-unsaturated/α-hetero) is 1. The van der Waals surface area contributed by atoms with Crippen molar-refractivity contribution in [3.05, 3.63) is 33.4 Å². The Kier molecular flexibility index (Phi) is 2.15. The zero-order valence-corrected chi connectivity index (χ0v) is 8.24. The summed E-state index contributed by atoms with van der Waals surface area (Å²) in [5.74, 6) is -0.0174. The Morgan fingerprint density at radius 1 is 1.47 bits per heavy atom. The molecule has 0 unspecified atom stereocenters. The van der Waals surface area contributed by atoms with Gasteiger partial charge in [-0.05, 0) is 13.0 Å². The quantitative estimate of drug-likeness (QED) is 0.557. The third kappa shape index (κ3) is 1.56. The van der Waals surface area contributed by atoms with E-state index in [0.29, 0.717) is 16.8 Å². The molecule has 0 atom stereocenters. The Hall–Kier alpha value is -1.91. The van der Waals surface area contributed by atoms with Gasteiger partial charge in [-0.15, -0.1) is 0 Å². The first-order valence-corrected chi connectivity index (χ1v) is 4.62. The van der Waals surface area contributed by atoms with E-state index in [0.717, 1.165) is 0 Å². The molecule has 78 valence electrons. The molecule has 1 aliphatic heterocycles. The van der Waals surface area contributed by atoms with Gasteiger partial charge in [0.15, 0.2) is 5.78 Å². The van der Waals surface area contributed by atoms with Crippen LogP contribution in [0, 0.1) is 17.0 Å². The molecule has 0 bridgehead atoms. The Balaban J connectivity index is 2.62. The number of nitro groups is 1. The number of nitrogens with zero attached hydrogens (tertiary/aromatic N) is 1. The van der Waals surface area contributed by atoms with Crippen molar-refractivity contribution in [2.75, 3.05) is 11.9 Å². The molecule has 1 aromatic rings. The van der Waals surface area contributed by atoms with Crippen molar-refractivity contribution < 1.29 is 9.72 Å². The van der Waals surface area contributed by atoms with Gasteiger partial charge in [0.05, 0.1) is 17.0 Å². The number of anilines is 1. The summed E-state index contributed by atoms with van der Waals surface area (Å²) in [4.78, 5) is 21.7. The molecule has 1 aliphatic rings. The molecule has 0 fully saturated rings.